The van der Waals surface area contributed by atoms with E-state index in [0.29, 0.717) is 11.3 Å². The first-order valence-electron chi connectivity index (χ1n) is 7.98. The third kappa shape index (κ3) is 3.30. The van der Waals surface area contributed by atoms with Gasteiger partial charge in [-0.15, -0.1) is 0 Å². The molecule has 7 heteroatoms. The number of benzene rings is 1. The standard InChI is InChI=1S/C17H21N5O2/c1-21(14-6-8-19-9-7-14)17(24)22-10-15(20-11-22)12-2-4-13(5-3-12)16(18)23/h2-5,10-11,14,19H,6-9H2,1H3,(H2,18,23). The van der Waals surface area contributed by atoms with Crippen molar-refractivity contribution < 1.29 is 9.59 Å². The number of carbonyl (C=O) groups is 2. The first-order valence-corrected chi connectivity index (χ1v) is 7.98. The highest BCUT2D eigenvalue weighted by molar-refractivity contribution is 5.93. The van der Waals surface area contributed by atoms with E-state index in [-0.39, 0.29) is 12.1 Å². The molecule has 0 saturated carbocycles. The van der Waals surface area contributed by atoms with Crippen LogP contribution in [-0.4, -0.2) is 52.6 Å². The summed E-state index contributed by atoms with van der Waals surface area (Å²) < 4.78 is 1.50. The molecule has 1 saturated heterocycles. The number of carbonyl (C=O) groups excluding carboxylic acids is 2. The second-order valence-electron chi connectivity index (χ2n) is 5.98. The fourth-order valence-electron chi connectivity index (χ4n) is 2.91. The summed E-state index contributed by atoms with van der Waals surface area (Å²) in [4.78, 5) is 29.8. The number of amides is 2. The highest BCUT2D eigenvalue weighted by Gasteiger charge is 2.23. The zero-order valence-electron chi connectivity index (χ0n) is 13.6. The van der Waals surface area contributed by atoms with Gasteiger partial charge in [0.1, 0.15) is 6.33 Å². The van der Waals surface area contributed by atoms with E-state index in [4.69, 9.17) is 5.73 Å². The van der Waals surface area contributed by atoms with Gasteiger partial charge in [0.15, 0.2) is 0 Å². The molecule has 7 nitrogen and oxygen atoms in total. The Morgan fingerprint density at radius 2 is 1.92 bits per heavy atom. The van der Waals surface area contributed by atoms with Crippen LogP contribution in [0.5, 0.6) is 0 Å². The van der Waals surface area contributed by atoms with Crippen molar-refractivity contribution >= 4 is 11.9 Å². The van der Waals surface area contributed by atoms with Crippen molar-refractivity contribution in [3.63, 3.8) is 0 Å². The van der Waals surface area contributed by atoms with E-state index < -0.39 is 5.91 Å². The van der Waals surface area contributed by atoms with E-state index in [0.717, 1.165) is 31.5 Å². The van der Waals surface area contributed by atoms with E-state index in [1.165, 1.54) is 10.9 Å². The van der Waals surface area contributed by atoms with E-state index in [1.54, 1.807) is 35.4 Å². The maximum atomic E-state index is 12.6. The second-order valence-corrected chi connectivity index (χ2v) is 5.98. The predicted molar refractivity (Wildman–Crippen MR) is 90.6 cm³/mol. The van der Waals surface area contributed by atoms with Gasteiger partial charge in [-0.3, -0.25) is 9.36 Å². The number of nitrogens with two attached hydrogens (primary N) is 1. The minimum atomic E-state index is -0.467. The largest absolute Gasteiger partial charge is 0.366 e. The molecule has 2 amide bonds. The Hall–Kier alpha value is -2.67. The molecule has 1 fully saturated rings. The normalized spacial score (nSPS) is 15.2. The summed E-state index contributed by atoms with van der Waals surface area (Å²) in [5.74, 6) is -0.467. The summed E-state index contributed by atoms with van der Waals surface area (Å²) in [7, 11) is 1.83. The van der Waals surface area contributed by atoms with E-state index in [2.05, 4.69) is 10.3 Å². The minimum Gasteiger partial charge on any atom is -0.366 e. The van der Waals surface area contributed by atoms with Crippen molar-refractivity contribution in [3.05, 3.63) is 42.4 Å². The molecule has 0 unspecified atom stereocenters. The Kier molecular flexibility index (Phi) is 4.61. The maximum Gasteiger partial charge on any atom is 0.329 e. The van der Waals surface area contributed by atoms with Crippen LogP contribution in [-0.2, 0) is 0 Å². The van der Waals surface area contributed by atoms with Crippen LogP contribution in [0.3, 0.4) is 0 Å². The molecule has 3 rings (SSSR count). The van der Waals surface area contributed by atoms with Gasteiger partial charge in [0.05, 0.1) is 5.69 Å². The van der Waals surface area contributed by atoms with Crippen LogP contribution in [0.2, 0.25) is 0 Å². The fourth-order valence-corrected chi connectivity index (χ4v) is 2.91. The van der Waals surface area contributed by atoms with Crippen LogP contribution < -0.4 is 11.1 Å². The van der Waals surface area contributed by atoms with Crippen LogP contribution in [0, 0.1) is 0 Å². The fraction of sp³-hybridized carbons (Fsp3) is 0.353. The number of primary amides is 1. The van der Waals surface area contributed by atoms with Gasteiger partial charge in [-0.1, -0.05) is 12.1 Å². The lowest BCUT2D eigenvalue weighted by Gasteiger charge is -2.31. The molecule has 2 aromatic rings. The number of nitrogens with one attached hydrogen (secondary N) is 1. The molecule has 2 heterocycles. The van der Waals surface area contributed by atoms with Crippen molar-refractivity contribution in [2.24, 2.45) is 5.73 Å². The Morgan fingerprint density at radius 1 is 1.25 bits per heavy atom. The van der Waals surface area contributed by atoms with Gasteiger partial charge >= 0.3 is 6.03 Å². The zero-order chi connectivity index (χ0) is 17.1. The monoisotopic (exact) mass is 327 g/mol. The van der Waals surface area contributed by atoms with Crippen molar-refractivity contribution in [1.82, 2.24) is 19.8 Å². The summed E-state index contributed by atoms with van der Waals surface area (Å²) in [6.45, 7) is 1.87. The predicted octanol–water partition coefficient (Wildman–Crippen LogP) is 1.30. The summed E-state index contributed by atoms with van der Waals surface area (Å²) in [5.41, 5.74) is 7.19. The summed E-state index contributed by atoms with van der Waals surface area (Å²) >= 11 is 0. The molecule has 0 bridgehead atoms. The van der Waals surface area contributed by atoms with Crippen LogP contribution in [0.15, 0.2) is 36.8 Å². The molecule has 0 atom stereocenters. The Labute approximate surface area is 140 Å². The molecule has 0 radical (unpaired) electrons. The van der Waals surface area contributed by atoms with Gasteiger partial charge in [0, 0.05) is 30.4 Å². The van der Waals surface area contributed by atoms with E-state index in [1.807, 2.05) is 7.05 Å². The van der Waals surface area contributed by atoms with Crippen LogP contribution in [0.4, 0.5) is 4.79 Å². The van der Waals surface area contributed by atoms with E-state index >= 15 is 0 Å². The first-order chi connectivity index (χ1) is 11.6. The molecule has 126 valence electrons. The average molecular weight is 327 g/mol. The van der Waals surface area contributed by atoms with Gasteiger partial charge in [-0.05, 0) is 38.1 Å². The first kappa shape index (κ1) is 16.2. The topological polar surface area (TPSA) is 93.2 Å². The molecule has 1 aliphatic rings. The number of imidazole rings is 1. The second kappa shape index (κ2) is 6.84. The molecule has 3 N–H and O–H groups in total. The molecule has 0 spiro atoms. The number of rotatable bonds is 3. The van der Waals surface area contributed by atoms with Crippen LogP contribution in [0.25, 0.3) is 11.3 Å². The Balaban J connectivity index is 1.74. The van der Waals surface area contributed by atoms with Gasteiger partial charge in [0.25, 0.3) is 0 Å². The SMILES string of the molecule is CN(C(=O)n1cnc(-c2ccc(C(N)=O)cc2)c1)C1CCNCC1. The third-order valence-corrected chi connectivity index (χ3v) is 4.43. The molecule has 24 heavy (non-hydrogen) atoms. The van der Waals surface area contributed by atoms with Crippen molar-refractivity contribution in [2.45, 2.75) is 18.9 Å². The number of hydrogen-bond donors (Lipinski definition) is 2. The number of hydrogen-bond acceptors (Lipinski definition) is 4. The molecule has 1 aliphatic heterocycles. The highest BCUT2D eigenvalue weighted by Crippen LogP contribution is 2.19. The number of nitrogens with zero attached hydrogens (tertiary/aromatic N) is 3. The Morgan fingerprint density at radius 3 is 2.54 bits per heavy atom. The van der Waals surface area contributed by atoms with Crippen molar-refractivity contribution in [1.29, 1.82) is 0 Å². The van der Waals surface area contributed by atoms with Gasteiger partial charge in [-0.25, -0.2) is 9.78 Å². The Bertz CT molecular complexity index is 732. The third-order valence-electron chi connectivity index (χ3n) is 4.43. The molecular formula is C17H21N5O2. The lowest BCUT2D eigenvalue weighted by atomic mass is 10.1. The molecule has 1 aromatic heterocycles. The number of aromatic nitrogens is 2. The summed E-state index contributed by atoms with van der Waals surface area (Å²) in [6.07, 6.45) is 5.15. The molecule has 1 aromatic carbocycles. The van der Waals surface area contributed by atoms with Crippen molar-refractivity contribution in [3.8, 4) is 11.3 Å². The smallest absolute Gasteiger partial charge is 0.329 e. The van der Waals surface area contributed by atoms with Gasteiger partial charge in [0.2, 0.25) is 5.91 Å². The maximum absolute atomic E-state index is 12.6. The van der Waals surface area contributed by atoms with Crippen LogP contribution in [0.1, 0.15) is 23.2 Å². The highest BCUT2D eigenvalue weighted by atomic mass is 16.2. The summed E-state index contributed by atoms with van der Waals surface area (Å²) in [6, 6.07) is 7.01. The molecular weight excluding hydrogens is 306 g/mol. The average Bonchev–Trinajstić information content (AvgIpc) is 3.11. The lowest BCUT2D eigenvalue weighted by molar-refractivity contribution is 0.1000. The van der Waals surface area contributed by atoms with E-state index in [9.17, 15) is 9.59 Å². The lowest BCUT2D eigenvalue weighted by Crippen LogP contribution is -2.45. The quantitative estimate of drug-likeness (QED) is 0.888. The number of piperidine rings is 1. The van der Waals surface area contributed by atoms with Crippen LogP contribution >= 0.6 is 0 Å². The van der Waals surface area contributed by atoms with Gasteiger partial charge in [-0.2, -0.15) is 0 Å². The summed E-state index contributed by atoms with van der Waals surface area (Å²) in [5, 5.41) is 3.30. The van der Waals surface area contributed by atoms with Crippen molar-refractivity contribution in [2.75, 3.05) is 20.1 Å². The minimum absolute atomic E-state index is 0.0885. The van der Waals surface area contributed by atoms with Gasteiger partial charge < -0.3 is 16.0 Å². The molecule has 0 aliphatic carbocycles. The zero-order valence-corrected chi connectivity index (χ0v) is 13.6.